The molecule has 0 aromatic rings. The van der Waals surface area contributed by atoms with Gasteiger partial charge in [0.25, 0.3) is 0 Å². The van der Waals surface area contributed by atoms with E-state index >= 15 is 0 Å². The molecule has 0 amide bonds. The van der Waals surface area contributed by atoms with E-state index < -0.39 is 18.2 Å². The molecule has 3 nitrogen and oxygen atoms in total. The number of hydrogen-bond acceptors (Lipinski definition) is 3. The molecule has 0 unspecified atom stereocenters. The number of nitrogens with one attached hydrogen (secondary N) is 1. The SMILES string of the molecule is C=C(N)NCC(F)(F)C(=C)O. The number of alkyl halides is 2. The molecule has 0 heterocycles. The van der Waals surface area contributed by atoms with E-state index in [0.717, 1.165) is 0 Å². The Morgan fingerprint density at radius 2 is 2.00 bits per heavy atom. The zero-order chi connectivity index (χ0) is 9.07. The second-order valence-electron chi connectivity index (χ2n) is 2.03. The zero-order valence-corrected chi connectivity index (χ0v) is 5.90. The lowest BCUT2D eigenvalue weighted by Gasteiger charge is -2.15. The smallest absolute Gasteiger partial charge is 0.320 e. The average molecular weight is 164 g/mol. The van der Waals surface area contributed by atoms with Gasteiger partial charge in [-0.3, -0.25) is 0 Å². The van der Waals surface area contributed by atoms with Gasteiger partial charge in [0, 0.05) is 0 Å². The summed E-state index contributed by atoms with van der Waals surface area (Å²) in [6, 6.07) is 0. The van der Waals surface area contributed by atoms with Crippen LogP contribution >= 0.6 is 0 Å². The summed E-state index contributed by atoms with van der Waals surface area (Å²) in [6.07, 6.45) is 0. The van der Waals surface area contributed by atoms with E-state index in [2.05, 4.69) is 18.5 Å². The molecule has 0 saturated carbocycles. The molecule has 0 aliphatic heterocycles. The lowest BCUT2D eigenvalue weighted by molar-refractivity contribution is 0.00371. The van der Waals surface area contributed by atoms with Crippen LogP contribution in [-0.4, -0.2) is 17.6 Å². The minimum Gasteiger partial charge on any atom is -0.507 e. The number of aliphatic hydroxyl groups excluding tert-OH is 1. The first-order valence-corrected chi connectivity index (χ1v) is 2.80. The van der Waals surface area contributed by atoms with Crippen LogP contribution in [0.2, 0.25) is 0 Å². The molecule has 0 radical (unpaired) electrons. The van der Waals surface area contributed by atoms with Crippen LogP contribution in [0.25, 0.3) is 0 Å². The van der Waals surface area contributed by atoms with Gasteiger partial charge in [0.05, 0.1) is 12.4 Å². The number of halogens is 2. The average Bonchev–Trinajstić information content (AvgIpc) is 1.84. The van der Waals surface area contributed by atoms with E-state index in [1.165, 1.54) is 0 Å². The summed E-state index contributed by atoms with van der Waals surface area (Å²) in [5.74, 6) is -4.63. The second-order valence-corrected chi connectivity index (χ2v) is 2.03. The normalized spacial score (nSPS) is 10.7. The van der Waals surface area contributed by atoms with Gasteiger partial charge in [0.15, 0.2) is 5.76 Å². The molecule has 0 saturated heterocycles. The molecule has 0 atom stereocenters. The number of hydrogen-bond donors (Lipinski definition) is 3. The van der Waals surface area contributed by atoms with Crippen molar-refractivity contribution >= 4 is 0 Å². The van der Waals surface area contributed by atoms with E-state index in [0.29, 0.717) is 0 Å². The Bertz CT molecular complexity index is 179. The number of aliphatic hydroxyl groups is 1. The predicted molar refractivity (Wildman–Crippen MR) is 38.0 cm³/mol. The van der Waals surface area contributed by atoms with Gasteiger partial charge in [-0.25, -0.2) is 0 Å². The summed E-state index contributed by atoms with van der Waals surface area (Å²) in [4.78, 5) is 0. The van der Waals surface area contributed by atoms with Gasteiger partial charge in [0.2, 0.25) is 0 Å². The van der Waals surface area contributed by atoms with Crippen LogP contribution in [0.1, 0.15) is 0 Å². The standard InChI is InChI=1S/C6H10F2N2O/c1-4(11)6(7,8)3-10-5(2)9/h10-11H,1-3,9H2. The molecule has 0 fully saturated rings. The van der Waals surface area contributed by atoms with E-state index in [4.69, 9.17) is 10.8 Å². The van der Waals surface area contributed by atoms with E-state index in [-0.39, 0.29) is 5.82 Å². The fourth-order valence-corrected chi connectivity index (χ4v) is 0.327. The fourth-order valence-electron chi connectivity index (χ4n) is 0.327. The Morgan fingerprint density at radius 1 is 1.55 bits per heavy atom. The van der Waals surface area contributed by atoms with Gasteiger partial charge in [-0.15, -0.1) is 0 Å². The first-order valence-electron chi connectivity index (χ1n) is 2.80. The topological polar surface area (TPSA) is 58.3 Å². The third kappa shape index (κ3) is 3.44. The van der Waals surface area contributed by atoms with Crippen molar-refractivity contribution in [2.75, 3.05) is 6.54 Å². The number of rotatable bonds is 4. The van der Waals surface area contributed by atoms with Gasteiger partial charge in [-0.1, -0.05) is 13.2 Å². The minimum absolute atomic E-state index is 0.0778. The second kappa shape index (κ2) is 3.23. The van der Waals surface area contributed by atoms with Gasteiger partial charge >= 0.3 is 5.92 Å². The largest absolute Gasteiger partial charge is 0.507 e. The van der Waals surface area contributed by atoms with Crippen molar-refractivity contribution in [3.8, 4) is 0 Å². The van der Waals surface area contributed by atoms with Crippen LogP contribution in [-0.2, 0) is 0 Å². The van der Waals surface area contributed by atoms with Crippen molar-refractivity contribution in [2.24, 2.45) is 5.73 Å². The predicted octanol–water partition coefficient (Wildman–Crippen LogP) is 0.713. The van der Waals surface area contributed by atoms with Crippen molar-refractivity contribution in [1.82, 2.24) is 5.32 Å². The highest BCUT2D eigenvalue weighted by Crippen LogP contribution is 2.18. The van der Waals surface area contributed by atoms with E-state index in [1.807, 2.05) is 0 Å². The maximum atomic E-state index is 12.4. The Labute approximate surface area is 63.2 Å². The van der Waals surface area contributed by atoms with Crippen molar-refractivity contribution in [2.45, 2.75) is 5.92 Å². The van der Waals surface area contributed by atoms with Crippen LogP contribution in [0.3, 0.4) is 0 Å². The minimum atomic E-state index is -3.36. The third-order valence-corrected chi connectivity index (χ3v) is 0.960. The maximum Gasteiger partial charge on any atom is 0.320 e. The Morgan fingerprint density at radius 3 is 2.27 bits per heavy atom. The van der Waals surface area contributed by atoms with E-state index in [9.17, 15) is 8.78 Å². The molecule has 0 spiro atoms. The molecule has 0 aromatic heterocycles. The lowest BCUT2D eigenvalue weighted by Crippen LogP contribution is -2.35. The van der Waals surface area contributed by atoms with Crippen LogP contribution in [0, 0.1) is 0 Å². The molecule has 0 bridgehead atoms. The molecule has 0 aliphatic rings. The third-order valence-electron chi connectivity index (χ3n) is 0.960. The summed E-state index contributed by atoms with van der Waals surface area (Å²) in [6.45, 7) is 5.05. The Balaban J connectivity index is 3.92. The quantitative estimate of drug-likeness (QED) is 0.536. The highest BCUT2D eigenvalue weighted by Gasteiger charge is 2.32. The summed E-state index contributed by atoms with van der Waals surface area (Å²) in [5.41, 5.74) is 4.95. The van der Waals surface area contributed by atoms with Gasteiger partial charge in [-0.05, 0) is 0 Å². The molecule has 5 heteroatoms. The van der Waals surface area contributed by atoms with Crippen molar-refractivity contribution in [3.63, 3.8) is 0 Å². The molecule has 64 valence electrons. The highest BCUT2D eigenvalue weighted by atomic mass is 19.3. The lowest BCUT2D eigenvalue weighted by atomic mass is 10.3. The molecule has 11 heavy (non-hydrogen) atoms. The molecule has 4 N–H and O–H groups in total. The molecule has 0 aliphatic carbocycles. The molecule has 0 rings (SSSR count). The summed E-state index contributed by atoms with van der Waals surface area (Å²) >= 11 is 0. The van der Waals surface area contributed by atoms with Crippen molar-refractivity contribution in [3.05, 3.63) is 24.7 Å². The van der Waals surface area contributed by atoms with Crippen molar-refractivity contribution in [1.29, 1.82) is 0 Å². The monoisotopic (exact) mass is 164 g/mol. The van der Waals surface area contributed by atoms with Gasteiger partial charge in [0.1, 0.15) is 0 Å². The fraction of sp³-hybridized carbons (Fsp3) is 0.333. The van der Waals surface area contributed by atoms with Crippen LogP contribution < -0.4 is 11.1 Å². The van der Waals surface area contributed by atoms with Crippen LogP contribution in [0.5, 0.6) is 0 Å². The van der Waals surface area contributed by atoms with Crippen LogP contribution in [0.15, 0.2) is 24.7 Å². The number of nitrogens with two attached hydrogens (primary N) is 1. The van der Waals surface area contributed by atoms with Crippen molar-refractivity contribution < 1.29 is 13.9 Å². The molecule has 0 aromatic carbocycles. The highest BCUT2D eigenvalue weighted by molar-refractivity contribution is 5.00. The van der Waals surface area contributed by atoms with Gasteiger partial charge < -0.3 is 16.2 Å². The Kier molecular flexibility index (Phi) is 2.86. The first kappa shape index (κ1) is 9.74. The van der Waals surface area contributed by atoms with Crippen LogP contribution in [0.4, 0.5) is 8.78 Å². The zero-order valence-electron chi connectivity index (χ0n) is 5.90. The summed E-state index contributed by atoms with van der Waals surface area (Å²) in [5, 5.41) is 10.4. The van der Waals surface area contributed by atoms with E-state index in [1.54, 1.807) is 0 Å². The summed E-state index contributed by atoms with van der Waals surface area (Å²) < 4.78 is 24.8. The Hall–Kier alpha value is -1.26. The molecular formula is C6H10F2N2O. The summed E-state index contributed by atoms with van der Waals surface area (Å²) in [7, 11) is 0. The molecular weight excluding hydrogens is 154 g/mol. The maximum absolute atomic E-state index is 12.4. The first-order chi connectivity index (χ1) is 4.86. The van der Waals surface area contributed by atoms with Gasteiger partial charge in [-0.2, -0.15) is 8.78 Å².